The second-order valence-electron chi connectivity index (χ2n) is 7.87. The van der Waals surface area contributed by atoms with Crippen molar-refractivity contribution in [3.05, 3.63) is 65.7 Å². The van der Waals surface area contributed by atoms with Gasteiger partial charge in [-0.25, -0.2) is 0 Å². The van der Waals surface area contributed by atoms with E-state index in [0.717, 1.165) is 69.5 Å². The number of hydrogen-bond acceptors (Lipinski definition) is 3. The Balaban J connectivity index is 1.26. The third-order valence-corrected chi connectivity index (χ3v) is 6.03. The maximum Gasteiger partial charge on any atom is 0.166 e. The Morgan fingerprint density at radius 1 is 0.926 bits per heavy atom. The van der Waals surface area contributed by atoms with Crippen LogP contribution in [-0.4, -0.2) is 36.4 Å². The molecule has 0 amide bonds. The number of aryl methyl sites for hydroxylation is 1. The highest BCUT2D eigenvalue weighted by molar-refractivity contribution is 5.99. The topological polar surface area (TPSA) is 29.5 Å². The van der Waals surface area contributed by atoms with Gasteiger partial charge in [-0.05, 0) is 62.8 Å². The Bertz CT molecular complexity index is 750. The first-order valence-corrected chi connectivity index (χ1v) is 10.4. The van der Waals surface area contributed by atoms with E-state index in [1.54, 1.807) is 0 Å². The van der Waals surface area contributed by atoms with Gasteiger partial charge in [0.1, 0.15) is 11.9 Å². The minimum Gasteiger partial charge on any atom is -0.490 e. The van der Waals surface area contributed by atoms with E-state index in [9.17, 15) is 4.79 Å². The molecular weight excluding hydrogens is 334 g/mol. The molecule has 1 unspecified atom stereocenters. The molecule has 0 radical (unpaired) electrons. The molecule has 0 spiro atoms. The van der Waals surface area contributed by atoms with Crippen LogP contribution in [-0.2, 0) is 6.42 Å². The molecule has 142 valence electrons. The lowest BCUT2D eigenvalue weighted by molar-refractivity contribution is 0.0837. The summed E-state index contributed by atoms with van der Waals surface area (Å²) >= 11 is 0. The number of Topliss-reactive ketones (excluding diaryl/α,β-unsaturated/α-hetero) is 1. The smallest absolute Gasteiger partial charge is 0.166 e. The number of rotatable bonds is 5. The highest BCUT2D eigenvalue weighted by Crippen LogP contribution is 2.27. The van der Waals surface area contributed by atoms with Gasteiger partial charge in [0, 0.05) is 24.6 Å². The standard InChI is InChI=1S/C24H29NO2/c26-24-20(9-6-8-19-7-4-5-12-23(19)24)13-16-25-17-14-22(15-18-25)27-21-10-2-1-3-11-21/h1-5,7,10-12,20,22H,6,8-9,13-18H2. The predicted molar refractivity (Wildman–Crippen MR) is 108 cm³/mol. The van der Waals surface area contributed by atoms with Gasteiger partial charge in [0.05, 0.1) is 0 Å². The number of para-hydroxylation sites is 1. The minimum atomic E-state index is 0.187. The van der Waals surface area contributed by atoms with Gasteiger partial charge in [0.2, 0.25) is 0 Å². The molecule has 27 heavy (non-hydrogen) atoms. The number of fused-ring (bicyclic) bond motifs is 1. The molecule has 1 fully saturated rings. The van der Waals surface area contributed by atoms with Crippen molar-refractivity contribution >= 4 is 5.78 Å². The van der Waals surface area contributed by atoms with Crippen molar-refractivity contribution in [2.45, 2.75) is 44.6 Å². The number of nitrogens with zero attached hydrogens (tertiary/aromatic N) is 1. The lowest BCUT2D eigenvalue weighted by atomic mass is 9.92. The molecule has 0 bridgehead atoms. The summed E-state index contributed by atoms with van der Waals surface area (Å²) in [5.74, 6) is 1.52. The van der Waals surface area contributed by atoms with Crippen LogP contribution in [0.2, 0.25) is 0 Å². The molecule has 3 nitrogen and oxygen atoms in total. The fourth-order valence-electron chi connectivity index (χ4n) is 4.42. The fourth-order valence-corrected chi connectivity index (χ4v) is 4.42. The third-order valence-electron chi connectivity index (χ3n) is 6.03. The molecule has 2 aromatic rings. The van der Waals surface area contributed by atoms with Crippen molar-refractivity contribution in [1.82, 2.24) is 4.90 Å². The van der Waals surface area contributed by atoms with Crippen molar-refractivity contribution < 1.29 is 9.53 Å². The molecule has 0 saturated carbocycles. The average molecular weight is 364 g/mol. The molecule has 1 aliphatic carbocycles. The van der Waals surface area contributed by atoms with Crippen molar-refractivity contribution in [3.63, 3.8) is 0 Å². The summed E-state index contributed by atoms with van der Waals surface area (Å²) in [6.45, 7) is 3.15. The number of likely N-dealkylation sites (tertiary alicyclic amines) is 1. The molecule has 0 aromatic heterocycles. The molecule has 2 aliphatic rings. The maximum absolute atomic E-state index is 12.9. The summed E-state index contributed by atoms with van der Waals surface area (Å²) in [6.07, 6.45) is 6.63. The summed E-state index contributed by atoms with van der Waals surface area (Å²) in [5.41, 5.74) is 2.21. The molecule has 3 heteroatoms. The van der Waals surface area contributed by atoms with Crippen LogP contribution < -0.4 is 4.74 Å². The van der Waals surface area contributed by atoms with E-state index in [-0.39, 0.29) is 5.92 Å². The molecule has 4 rings (SSSR count). The Morgan fingerprint density at radius 2 is 1.67 bits per heavy atom. The summed E-state index contributed by atoms with van der Waals surface area (Å²) in [7, 11) is 0. The second-order valence-corrected chi connectivity index (χ2v) is 7.87. The lowest BCUT2D eigenvalue weighted by Gasteiger charge is -2.32. The average Bonchev–Trinajstić information content (AvgIpc) is 2.87. The first-order chi connectivity index (χ1) is 13.3. The summed E-state index contributed by atoms with van der Waals surface area (Å²) < 4.78 is 6.09. The zero-order chi connectivity index (χ0) is 18.5. The molecule has 1 atom stereocenters. The number of benzene rings is 2. The van der Waals surface area contributed by atoms with Crippen molar-refractivity contribution in [1.29, 1.82) is 0 Å². The van der Waals surface area contributed by atoms with Crippen LogP contribution in [0.3, 0.4) is 0 Å². The monoisotopic (exact) mass is 363 g/mol. The second kappa shape index (κ2) is 8.71. The largest absolute Gasteiger partial charge is 0.490 e. The molecular formula is C24H29NO2. The van der Waals surface area contributed by atoms with E-state index >= 15 is 0 Å². The summed E-state index contributed by atoms with van der Waals surface area (Å²) in [4.78, 5) is 15.4. The van der Waals surface area contributed by atoms with Crippen LogP contribution in [0.1, 0.15) is 48.0 Å². The minimum absolute atomic E-state index is 0.187. The third kappa shape index (κ3) is 4.59. The predicted octanol–water partition coefficient (Wildman–Crippen LogP) is 4.76. The van der Waals surface area contributed by atoms with Crippen molar-refractivity contribution in [2.75, 3.05) is 19.6 Å². The molecule has 1 heterocycles. The quantitative estimate of drug-likeness (QED) is 0.718. The summed E-state index contributed by atoms with van der Waals surface area (Å²) in [5, 5.41) is 0. The number of ketones is 1. The van der Waals surface area contributed by atoms with E-state index in [1.807, 2.05) is 48.5 Å². The van der Waals surface area contributed by atoms with Gasteiger partial charge in [-0.15, -0.1) is 0 Å². The van der Waals surface area contributed by atoms with Crippen LogP contribution in [0, 0.1) is 5.92 Å². The SMILES string of the molecule is O=C1c2ccccc2CCCC1CCN1CCC(Oc2ccccc2)CC1. The highest BCUT2D eigenvalue weighted by atomic mass is 16.5. The number of carbonyl (C=O) groups is 1. The van der Waals surface area contributed by atoms with Gasteiger partial charge < -0.3 is 9.64 Å². The van der Waals surface area contributed by atoms with E-state index in [2.05, 4.69) is 11.0 Å². The van der Waals surface area contributed by atoms with E-state index in [0.29, 0.717) is 11.9 Å². The van der Waals surface area contributed by atoms with Crippen LogP contribution >= 0.6 is 0 Å². The Morgan fingerprint density at radius 3 is 2.48 bits per heavy atom. The Hall–Kier alpha value is -2.13. The van der Waals surface area contributed by atoms with Crippen molar-refractivity contribution in [2.24, 2.45) is 5.92 Å². The number of carbonyl (C=O) groups excluding carboxylic acids is 1. The fraction of sp³-hybridized carbons (Fsp3) is 0.458. The number of hydrogen-bond donors (Lipinski definition) is 0. The maximum atomic E-state index is 12.9. The zero-order valence-corrected chi connectivity index (χ0v) is 16.0. The van der Waals surface area contributed by atoms with Crippen molar-refractivity contribution in [3.8, 4) is 5.75 Å². The zero-order valence-electron chi connectivity index (χ0n) is 16.0. The van der Waals surface area contributed by atoms with E-state index < -0.39 is 0 Å². The van der Waals surface area contributed by atoms with Gasteiger partial charge in [0.25, 0.3) is 0 Å². The van der Waals surface area contributed by atoms with Crippen LogP contribution in [0.4, 0.5) is 0 Å². The van der Waals surface area contributed by atoms with Crippen LogP contribution in [0.25, 0.3) is 0 Å². The highest BCUT2D eigenvalue weighted by Gasteiger charge is 2.27. The van der Waals surface area contributed by atoms with Crippen LogP contribution in [0.15, 0.2) is 54.6 Å². The number of ether oxygens (including phenoxy) is 1. The molecule has 1 aliphatic heterocycles. The summed E-state index contributed by atoms with van der Waals surface area (Å²) in [6, 6.07) is 18.3. The van der Waals surface area contributed by atoms with Gasteiger partial charge in [-0.1, -0.05) is 42.5 Å². The van der Waals surface area contributed by atoms with Gasteiger partial charge in [0.15, 0.2) is 5.78 Å². The number of piperidine rings is 1. The van der Waals surface area contributed by atoms with E-state index in [4.69, 9.17) is 4.74 Å². The van der Waals surface area contributed by atoms with Gasteiger partial charge in [-0.2, -0.15) is 0 Å². The molecule has 2 aromatic carbocycles. The molecule has 0 N–H and O–H groups in total. The van der Waals surface area contributed by atoms with Crippen LogP contribution in [0.5, 0.6) is 5.75 Å². The Kier molecular flexibility index (Phi) is 5.88. The Labute approximate surface area is 162 Å². The van der Waals surface area contributed by atoms with Gasteiger partial charge in [-0.3, -0.25) is 4.79 Å². The lowest BCUT2D eigenvalue weighted by Crippen LogP contribution is -2.39. The van der Waals surface area contributed by atoms with E-state index in [1.165, 1.54) is 5.56 Å². The first-order valence-electron chi connectivity index (χ1n) is 10.4. The van der Waals surface area contributed by atoms with Gasteiger partial charge >= 0.3 is 0 Å². The molecule has 1 saturated heterocycles. The normalized spacial score (nSPS) is 21.5. The first kappa shape index (κ1) is 18.2.